The van der Waals surface area contributed by atoms with Crippen LogP contribution in [0.15, 0.2) is 40.3 Å². The van der Waals surface area contributed by atoms with Gasteiger partial charge >= 0.3 is 0 Å². The van der Waals surface area contributed by atoms with Crippen molar-refractivity contribution in [2.45, 2.75) is 46.1 Å². The third-order valence-corrected chi connectivity index (χ3v) is 4.83. The monoisotopic (exact) mass is 393 g/mol. The first-order valence-corrected chi connectivity index (χ1v) is 9.76. The zero-order valence-electron chi connectivity index (χ0n) is 16.7. The maximum absolute atomic E-state index is 12.7. The Bertz CT molecular complexity index is 1020. The van der Waals surface area contributed by atoms with Gasteiger partial charge in [-0.15, -0.1) is 0 Å². The quantitative estimate of drug-likeness (QED) is 0.862. The van der Waals surface area contributed by atoms with E-state index in [0.29, 0.717) is 22.8 Å². The van der Waals surface area contributed by atoms with Crippen LogP contribution in [0, 0.1) is 12.8 Å². The SMILES string of the molecule is Cc1cc(NC(=O)c2ccc(OC(C)C)cc2)n(C2=NC(=O)C3CCCC3=N2)n1. The minimum absolute atomic E-state index is 0.0621. The second kappa shape index (κ2) is 7.62. The Labute approximate surface area is 168 Å². The molecule has 1 fully saturated rings. The van der Waals surface area contributed by atoms with Crippen molar-refractivity contribution in [3.8, 4) is 5.75 Å². The topological polar surface area (TPSA) is 97.9 Å². The molecule has 150 valence electrons. The molecule has 1 unspecified atom stereocenters. The first kappa shape index (κ1) is 19.0. The van der Waals surface area contributed by atoms with Gasteiger partial charge in [0.1, 0.15) is 11.6 Å². The number of rotatable bonds is 4. The molecule has 29 heavy (non-hydrogen) atoms. The maximum Gasteiger partial charge on any atom is 0.257 e. The van der Waals surface area contributed by atoms with Crippen LogP contribution < -0.4 is 10.1 Å². The molecule has 1 aromatic carbocycles. The summed E-state index contributed by atoms with van der Waals surface area (Å²) in [5.41, 5.74) is 2.02. The van der Waals surface area contributed by atoms with Crippen LogP contribution in [0.2, 0.25) is 0 Å². The van der Waals surface area contributed by atoms with Gasteiger partial charge in [-0.2, -0.15) is 14.8 Å². The number of hydrogen-bond donors (Lipinski definition) is 1. The van der Waals surface area contributed by atoms with Crippen molar-refractivity contribution in [2.75, 3.05) is 5.32 Å². The van der Waals surface area contributed by atoms with E-state index in [2.05, 4.69) is 20.4 Å². The lowest BCUT2D eigenvalue weighted by Crippen LogP contribution is -2.29. The zero-order chi connectivity index (χ0) is 20.5. The maximum atomic E-state index is 12.7. The van der Waals surface area contributed by atoms with Gasteiger partial charge in [-0.05, 0) is 64.3 Å². The Hall–Kier alpha value is -3.29. The van der Waals surface area contributed by atoms with E-state index in [4.69, 9.17) is 4.74 Å². The fourth-order valence-electron chi connectivity index (χ4n) is 3.54. The molecule has 1 aliphatic heterocycles. The summed E-state index contributed by atoms with van der Waals surface area (Å²) in [6.45, 7) is 5.70. The largest absolute Gasteiger partial charge is 0.491 e. The van der Waals surface area contributed by atoms with Crippen LogP contribution in [0.5, 0.6) is 5.75 Å². The van der Waals surface area contributed by atoms with E-state index in [1.54, 1.807) is 37.3 Å². The highest BCUT2D eigenvalue weighted by Gasteiger charge is 2.33. The molecule has 1 aliphatic carbocycles. The fourth-order valence-corrected chi connectivity index (χ4v) is 3.54. The Kier molecular flexibility index (Phi) is 5.00. The zero-order valence-corrected chi connectivity index (χ0v) is 16.7. The van der Waals surface area contributed by atoms with Crippen LogP contribution in [0.25, 0.3) is 0 Å². The highest BCUT2D eigenvalue weighted by molar-refractivity contribution is 6.17. The molecule has 0 spiro atoms. The third-order valence-electron chi connectivity index (χ3n) is 4.83. The molecule has 0 saturated heterocycles. The molecule has 0 radical (unpaired) electrons. The van der Waals surface area contributed by atoms with Crippen molar-refractivity contribution >= 4 is 29.3 Å². The van der Waals surface area contributed by atoms with Gasteiger partial charge in [0.2, 0.25) is 0 Å². The lowest BCUT2D eigenvalue weighted by atomic mass is 10.1. The van der Waals surface area contributed by atoms with Gasteiger partial charge in [-0.1, -0.05) is 0 Å². The number of aromatic nitrogens is 2. The van der Waals surface area contributed by atoms with E-state index >= 15 is 0 Å². The molecule has 2 heterocycles. The predicted molar refractivity (Wildman–Crippen MR) is 110 cm³/mol. The molecular formula is C21H23N5O3. The van der Waals surface area contributed by atoms with E-state index in [1.807, 2.05) is 13.8 Å². The van der Waals surface area contributed by atoms with Gasteiger partial charge < -0.3 is 10.1 Å². The van der Waals surface area contributed by atoms with Gasteiger partial charge in [-0.25, -0.2) is 4.99 Å². The van der Waals surface area contributed by atoms with E-state index in [1.165, 1.54) is 4.68 Å². The average Bonchev–Trinajstić information content (AvgIpc) is 3.28. The predicted octanol–water partition coefficient (Wildman–Crippen LogP) is 3.22. The normalized spacial score (nSPS) is 18.3. The van der Waals surface area contributed by atoms with Crippen molar-refractivity contribution in [3.05, 3.63) is 41.6 Å². The summed E-state index contributed by atoms with van der Waals surface area (Å²) in [4.78, 5) is 33.7. The van der Waals surface area contributed by atoms with E-state index in [-0.39, 0.29) is 29.8 Å². The lowest BCUT2D eigenvalue weighted by Gasteiger charge is -2.15. The van der Waals surface area contributed by atoms with Crippen molar-refractivity contribution < 1.29 is 14.3 Å². The average molecular weight is 393 g/mol. The standard InChI is InChI=1S/C21H23N5O3/c1-12(2)29-15-9-7-14(8-10-15)19(27)23-18-11-13(3)25-26(18)21-22-17-6-4-5-16(17)20(28)24-21/h7-12,16H,4-6H2,1-3H3,(H,23,27). The van der Waals surface area contributed by atoms with E-state index in [0.717, 1.165) is 25.0 Å². The molecule has 2 amide bonds. The minimum Gasteiger partial charge on any atom is -0.491 e. The number of carbonyl (C=O) groups is 2. The number of benzene rings is 1. The number of hydrogen-bond acceptors (Lipinski definition) is 5. The number of amides is 2. The highest BCUT2D eigenvalue weighted by Crippen LogP contribution is 2.27. The molecule has 1 saturated carbocycles. The molecular weight excluding hydrogens is 370 g/mol. The van der Waals surface area contributed by atoms with Crippen LogP contribution in [0.3, 0.4) is 0 Å². The number of fused-ring (bicyclic) bond motifs is 1. The van der Waals surface area contributed by atoms with Crippen molar-refractivity contribution in [2.24, 2.45) is 15.9 Å². The van der Waals surface area contributed by atoms with E-state index in [9.17, 15) is 9.59 Å². The number of aliphatic imine (C=N–C) groups is 2. The third kappa shape index (κ3) is 3.96. The Morgan fingerprint density at radius 2 is 2.00 bits per heavy atom. The molecule has 2 aliphatic rings. The molecule has 2 aromatic rings. The van der Waals surface area contributed by atoms with Crippen LogP contribution in [-0.2, 0) is 4.79 Å². The number of carbonyl (C=O) groups excluding carboxylic acids is 2. The summed E-state index contributed by atoms with van der Waals surface area (Å²) >= 11 is 0. The van der Waals surface area contributed by atoms with Gasteiger partial charge in [0.25, 0.3) is 17.8 Å². The number of nitrogens with zero attached hydrogens (tertiary/aromatic N) is 4. The number of nitrogens with one attached hydrogen (secondary N) is 1. The second-order valence-electron chi connectivity index (χ2n) is 7.53. The lowest BCUT2D eigenvalue weighted by molar-refractivity contribution is -0.119. The Balaban J connectivity index is 1.56. The molecule has 1 atom stereocenters. The summed E-state index contributed by atoms with van der Waals surface area (Å²) < 4.78 is 7.02. The van der Waals surface area contributed by atoms with Gasteiger partial charge in [-0.3, -0.25) is 9.59 Å². The number of anilines is 1. The Morgan fingerprint density at radius 1 is 1.24 bits per heavy atom. The summed E-state index contributed by atoms with van der Waals surface area (Å²) in [5, 5.41) is 7.21. The van der Waals surface area contributed by atoms with Crippen molar-refractivity contribution in [3.63, 3.8) is 0 Å². The molecule has 4 rings (SSSR count). The van der Waals surface area contributed by atoms with Crippen LogP contribution >= 0.6 is 0 Å². The smallest absolute Gasteiger partial charge is 0.257 e. The van der Waals surface area contributed by atoms with Crippen molar-refractivity contribution in [1.29, 1.82) is 0 Å². The number of ether oxygens (including phenoxy) is 1. The first-order chi connectivity index (χ1) is 13.9. The van der Waals surface area contributed by atoms with Gasteiger partial charge in [0.15, 0.2) is 0 Å². The minimum atomic E-state index is -0.295. The number of aryl methyl sites for hydroxylation is 1. The second-order valence-corrected chi connectivity index (χ2v) is 7.53. The van der Waals surface area contributed by atoms with Crippen molar-refractivity contribution in [1.82, 2.24) is 9.78 Å². The highest BCUT2D eigenvalue weighted by atomic mass is 16.5. The molecule has 0 bridgehead atoms. The summed E-state index contributed by atoms with van der Waals surface area (Å²) in [6, 6.07) is 8.64. The summed E-state index contributed by atoms with van der Waals surface area (Å²) in [7, 11) is 0. The summed E-state index contributed by atoms with van der Waals surface area (Å²) in [6.07, 6.45) is 2.59. The van der Waals surface area contributed by atoms with Crippen LogP contribution in [-0.4, -0.2) is 39.4 Å². The fraction of sp³-hybridized carbons (Fsp3) is 0.381. The van der Waals surface area contributed by atoms with Gasteiger partial charge in [0.05, 0.1) is 17.7 Å². The summed E-state index contributed by atoms with van der Waals surface area (Å²) in [5.74, 6) is 0.647. The molecule has 1 aromatic heterocycles. The van der Waals surface area contributed by atoms with E-state index < -0.39 is 0 Å². The van der Waals surface area contributed by atoms with Crippen LogP contribution in [0.1, 0.15) is 49.2 Å². The molecule has 1 N–H and O–H groups in total. The first-order valence-electron chi connectivity index (χ1n) is 9.76. The Morgan fingerprint density at radius 3 is 2.72 bits per heavy atom. The molecule has 8 nitrogen and oxygen atoms in total. The van der Waals surface area contributed by atoms with Gasteiger partial charge in [0, 0.05) is 17.3 Å². The van der Waals surface area contributed by atoms with Crippen LogP contribution in [0.4, 0.5) is 5.82 Å². The molecule has 8 heteroatoms.